The highest BCUT2D eigenvalue weighted by Gasteiger charge is 2.12. The van der Waals surface area contributed by atoms with Crippen LogP contribution in [0.4, 0.5) is 11.4 Å². The summed E-state index contributed by atoms with van der Waals surface area (Å²) in [6.45, 7) is 5.69. The van der Waals surface area contributed by atoms with E-state index in [2.05, 4.69) is 16.0 Å². The largest absolute Gasteiger partial charge is 0.376 e. The van der Waals surface area contributed by atoms with Gasteiger partial charge >= 0.3 is 0 Å². The summed E-state index contributed by atoms with van der Waals surface area (Å²) < 4.78 is 0. The zero-order valence-electron chi connectivity index (χ0n) is 19.5. The Hall–Kier alpha value is -4.13. The van der Waals surface area contributed by atoms with Gasteiger partial charge in [-0.15, -0.1) is 0 Å². The second-order valence-electron chi connectivity index (χ2n) is 7.71. The van der Waals surface area contributed by atoms with Crippen LogP contribution in [-0.4, -0.2) is 42.3 Å². The smallest absolute Gasteiger partial charge is 0.253 e. The van der Waals surface area contributed by atoms with Gasteiger partial charge in [0.1, 0.15) is 0 Å². The summed E-state index contributed by atoms with van der Waals surface area (Å²) in [6.07, 6.45) is 0. The Morgan fingerprint density at radius 2 is 1.47 bits per heavy atom. The van der Waals surface area contributed by atoms with Gasteiger partial charge in [0.15, 0.2) is 0 Å². The molecule has 0 aliphatic carbocycles. The summed E-state index contributed by atoms with van der Waals surface area (Å²) in [7, 11) is 0. The molecule has 0 aliphatic rings. The number of hydrogen-bond acceptors (Lipinski definition) is 4. The normalized spacial score (nSPS) is 10.3. The number of benzene rings is 3. The van der Waals surface area contributed by atoms with Crippen LogP contribution in [0.1, 0.15) is 40.1 Å². The Kier molecular flexibility index (Phi) is 8.80. The molecule has 0 bridgehead atoms. The summed E-state index contributed by atoms with van der Waals surface area (Å²) in [5.41, 5.74) is 3.37. The van der Waals surface area contributed by atoms with Crippen LogP contribution in [-0.2, 0) is 11.3 Å². The first-order valence-electron chi connectivity index (χ1n) is 11.4. The number of hydrogen-bond donors (Lipinski definition) is 3. The van der Waals surface area contributed by atoms with Crippen molar-refractivity contribution in [3.63, 3.8) is 0 Å². The second-order valence-corrected chi connectivity index (χ2v) is 7.71. The third-order valence-corrected chi connectivity index (χ3v) is 5.34. The van der Waals surface area contributed by atoms with Crippen LogP contribution in [0.5, 0.6) is 0 Å². The van der Waals surface area contributed by atoms with Gasteiger partial charge in [-0.25, -0.2) is 0 Å². The minimum Gasteiger partial charge on any atom is -0.376 e. The first kappa shape index (κ1) is 24.5. The molecule has 0 fully saturated rings. The van der Waals surface area contributed by atoms with Crippen molar-refractivity contribution in [3.05, 3.63) is 95.6 Å². The molecule has 0 saturated carbocycles. The molecule has 0 unspecified atom stereocenters. The lowest BCUT2D eigenvalue weighted by Crippen LogP contribution is -2.30. The van der Waals surface area contributed by atoms with E-state index in [4.69, 9.17) is 0 Å². The summed E-state index contributed by atoms with van der Waals surface area (Å²) in [5.74, 6) is -0.468. The molecule has 7 heteroatoms. The Balaban J connectivity index is 1.50. The monoisotopic (exact) mass is 458 g/mol. The predicted octanol–water partition coefficient (Wildman–Crippen LogP) is 4.15. The van der Waals surface area contributed by atoms with Crippen molar-refractivity contribution in [1.82, 2.24) is 10.2 Å². The lowest BCUT2D eigenvalue weighted by atomic mass is 10.1. The van der Waals surface area contributed by atoms with Gasteiger partial charge in [0, 0.05) is 42.1 Å². The number of nitrogens with zero attached hydrogens (tertiary/aromatic N) is 1. The van der Waals surface area contributed by atoms with E-state index >= 15 is 0 Å². The molecule has 0 spiro atoms. The van der Waals surface area contributed by atoms with Gasteiger partial charge in [0.25, 0.3) is 11.8 Å². The molecule has 0 aliphatic heterocycles. The van der Waals surface area contributed by atoms with Crippen LogP contribution >= 0.6 is 0 Å². The number of amides is 3. The molecule has 3 amide bonds. The van der Waals surface area contributed by atoms with E-state index < -0.39 is 0 Å². The fourth-order valence-electron chi connectivity index (χ4n) is 3.43. The van der Waals surface area contributed by atoms with E-state index in [1.807, 2.05) is 44.2 Å². The van der Waals surface area contributed by atoms with Gasteiger partial charge in [-0.2, -0.15) is 0 Å². The first-order valence-corrected chi connectivity index (χ1v) is 11.4. The Morgan fingerprint density at radius 1 is 0.765 bits per heavy atom. The maximum absolute atomic E-state index is 12.5. The maximum atomic E-state index is 12.5. The van der Waals surface area contributed by atoms with E-state index in [0.717, 1.165) is 11.3 Å². The molecule has 7 nitrogen and oxygen atoms in total. The maximum Gasteiger partial charge on any atom is 0.253 e. The molecular weight excluding hydrogens is 428 g/mol. The van der Waals surface area contributed by atoms with Crippen LogP contribution in [0.2, 0.25) is 0 Å². The Labute approximate surface area is 200 Å². The van der Waals surface area contributed by atoms with Crippen molar-refractivity contribution in [1.29, 1.82) is 0 Å². The van der Waals surface area contributed by atoms with Crippen molar-refractivity contribution in [2.75, 3.05) is 30.3 Å². The highest BCUT2D eigenvalue weighted by atomic mass is 16.2. The van der Waals surface area contributed by atoms with E-state index in [9.17, 15) is 14.4 Å². The zero-order chi connectivity index (χ0) is 24.3. The molecule has 3 N–H and O–H groups in total. The highest BCUT2D eigenvalue weighted by molar-refractivity contribution is 5.98. The van der Waals surface area contributed by atoms with Gasteiger partial charge in [-0.05, 0) is 61.9 Å². The predicted molar refractivity (Wildman–Crippen MR) is 135 cm³/mol. The van der Waals surface area contributed by atoms with Crippen molar-refractivity contribution < 1.29 is 14.4 Å². The van der Waals surface area contributed by atoms with E-state index in [-0.39, 0.29) is 24.3 Å². The van der Waals surface area contributed by atoms with Gasteiger partial charge in [-0.3, -0.25) is 14.4 Å². The molecule has 0 aromatic heterocycles. The van der Waals surface area contributed by atoms with Crippen LogP contribution < -0.4 is 16.0 Å². The van der Waals surface area contributed by atoms with E-state index in [1.165, 1.54) is 0 Å². The van der Waals surface area contributed by atoms with Crippen molar-refractivity contribution >= 4 is 29.1 Å². The van der Waals surface area contributed by atoms with Crippen LogP contribution in [0.3, 0.4) is 0 Å². The van der Waals surface area contributed by atoms with Crippen LogP contribution in [0.15, 0.2) is 78.9 Å². The number of carbonyl (C=O) groups is 3. The summed E-state index contributed by atoms with van der Waals surface area (Å²) in [4.78, 5) is 39.0. The summed E-state index contributed by atoms with van der Waals surface area (Å²) in [6, 6.07) is 23.5. The number of carbonyl (C=O) groups excluding carboxylic acids is 3. The van der Waals surface area contributed by atoms with Crippen molar-refractivity contribution in [2.24, 2.45) is 0 Å². The minimum absolute atomic E-state index is 0.0121. The molecule has 0 radical (unpaired) electrons. The Bertz CT molecular complexity index is 1110. The van der Waals surface area contributed by atoms with Gasteiger partial charge in [0.05, 0.1) is 6.54 Å². The Morgan fingerprint density at radius 3 is 2.15 bits per heavy atom. The van der Waals surface area contributed by atoms with Crippen molar-refractivity contribution in [2.45, 2.75) is 20.4 Å². The molecule has 34 heavy (non-hydrogen) atoms. The van der Waals surface area contributed by atoms with Gasteiger partial charge in [0.2, 0.25) is 5.91 Å². The van der Waals surface area contributed by atoms with Crippen LogP contribution in [0.25, 0.3) is 0 Å². The fraction of sp³-hybridized carbons (Fsp3) is 0.222. The first-order chi connectivity index (χ1) is 16.5. The SMILES string of the molecule is CCN(CC)C(=O)c1ccc(NCC(=O)Nc2cccc(C(=O)NCc3ccccc3)c2)cc1. The molecule has 3 aromatic rings. The topological polar surface area (TPSA) is 90.5 Å². The second kappa shape index (κ2) is 12.2. The quantitative estimate of drug-likeness (QED) is 0.426. The average molecular weight is 459 g/mol. The molecule has 176 valence electrons. The minimum atomic E-state index is -0.245. The summed E-state index contributed by atoms with van der Waals surface area (Å²) in [5, 5.41) is 8.72. The number of rotatable bonds is 10. The number of anilines is 2. The molecule has 0 atom stereocenters. The molecule has 3 rings (SSSR count). The molecule has 0 saturated heterocycles. The van der Waals surface area contributed by atoms with Gasteiger partial charge < -0.3 is 20.9 Å². The number of nitrogens with one attached hydrogen (secondary N) is 3. The fourth-order valence-corrected chi connectivity index (χ4v) is 3.43. The molecule has 0 heterocycles. The lowest BCUT2D eigenvalue weighted by molar-refractivity contribution is -0.114. The van der Waals surface area contributed by atoms with E-state index in [0.29, 0.717) is 36.4 Å². The lowest BCUT2D eigenvalue weighted by Gasteiger charge is -2.18. The van der Waals surface area contributed by atoms with Crippen LogP contribution in [0, 0.1) is 0 Å². The zero-order valence-corrected chi connectivity index (χ0v) is 19.5. The molecular formula is C27H30N4O3. The summed E-state index contributed by atoms with van der Waals surface area (Å²) >= 11 is 0. The third-order valence-electron chi connectivity index (χ3n) is 5.34. The van der Waals surface area contributed by atoms with Gasteiger partial charge in [-0.1, -0.05) is 36.4 Å². The average Bonchev–Trinajstić information content (AvgIpc) is 2.87. The standard InChI is InChI=1S/C27H30N4O3/c1-3-31(4-2)27(34)21-13-15-23(16-14-21)28-19-25(32)30-24-12-8-11-22(17-24)26(33)29-18-20-9-6-5-7-10-20/h5-17,28H,3-4,18-19H2,1-2H3,(H,29,33)(H,30,32). The third kappa shape index (κ3) is 6.93. The van der Waals surface area contributed by atoms with E-state index in [1.54, 1.807) is 53.4 Å². The highest BCUT2D eigenvalue weighted by Crippen LogP contribution is 2.13. The van der Waals surface area contributed by atoms with Crippen molar-refractivity contribution in [3.8, 4) is 0 Å². The molecule has 3 aromatic carbocycles.